The van der Waals surface area contributed by atoms with Crippen LogP contribution in [0.1, 0.15) is 66.2 Å². The number of hydrogen-bond acceptors (Lipinski definition) is 4. The standard InChI is InChI=1S/C22H36N6.Eu/c1-15-19-7-5-8-20(27-19)16(2)25-13-14-26-18(4)22-10-6-9-21(28-22)17(3)24-12-11-23-15;/h19-22H,5-14H2,1-4H3;/q-2;+2. The molecule has 29 heavy (non-hydrogen) atoms. The van der Waals surface area contributed by atoms with Gasteiger partial charge in [0.25, 0.3) is 0 Å². The van der Waals surface area contributed by atoms with Crippen LogP contribution in [0.15, 0.2) is 20.0 Å². The molecule has 0 aliphatic carbocycles. The van der Waals surface area contributed by atoms with Crippen LogP contribution in [-0.4, -0.2) is 73.2 Å². The van der Waals surface area contributed by atoms with E-state index in [2.05, 4.69) is 27.7 Å². The molecule has 0 amide bonds. The van der Waals surface area contributed by atoms with E-state index in [1.165, 1.54) is 12.8 Å². The summed E-state index contributed by atoms with van der Waals surface area (Å²) in [6, 6.07) is 0.953. The molecular formula is C22H36EuN6. The van der Waals surface area contributed by atoms with Gasteiger partial charge >= 0.3 is 49.4 Å². The first-order valence-corrected chi connectivity index (χ1v) is 11.0. The number of rotatable bonds is 0. The van der Waals surface area contributed by atoms with Gasteiger partial charge in [0.1, 0.15) is 0 Å². The molecule has 161 valence electrons. The first kappa shape index (κ1) is 25.4. The summed E-state index contributed by atoms with van der Waals surface area (Å²) in [5.74, 6) is 0. The van der Waals surface area contributed by atoms with Gasteiger partial charge in [-0.2, -0.15) is 0 Å². The first-order chi connectivity index (χ1) is 13.5. The molecule has 4 atom stereocenters. The molecular weight excluding hydrogens is 500 g/mol. The van der Waals surface area contributed by atoms with Crippen molar-refractivity contribution in [2.45, 2.75) is 90.4 Å². The molecule has 3 aliphatic rings. The van der Waals surface area contributed by atoms with Crippen LogP contribution in [0.2, 0.25) is 0 Å². The molecule has 0 aromatic heterocycles. The van der Waals surface area contributed by atoms with Crippen LogP contribution in [0.25, 0.3) is 10.6 Å². The normalized spacial score (nSPS) is 32.4. The number of nitrogens with zero attached hydrogens (tertiary/aromatic N) is 6. The van der Waals surface area contributed by atoms with Crippen LogP contribution in [0.5, 0.6) is 0 Å². The van der Waals surface area contributed by atoms with Gasteiger partial charge in [0.2, 0.25) is 0 Å². The SMILES string of the molecule is CC1=NCCN=C(C)C2CCCC([N-]2)C(C)=NCCN=C(C)C2CCCC1[N-]2.[Eu+2]. The maximum absolute atomic E-state index is 5.03. The summed E-state index contributed by atoms with van der Waals surface area (Å²) < 4.78 is 0. The maximum atomic E-state index is 5.03. The van der Waals surface area contributed by atoms with Crippen molar-refractivity contribution in [1.29, 1.82) is 0 Å². The van der Waals surface area contributed by atoms with E-state index in [4.69, 9.17) is 30.6 Å². The minimum absolute atomic E-state index is 0. The van der Waals surface area contributed by atoms with Gasteiger partial charge < -0.3 is 10.6 Å². The van der Waals surface area contributed by atoms with E-state index in [0.717, 1.165) is 74.7 Å². The molecule has 2 saturated heterocycles. The summed E-state index contributed by atoms with van der Waals surface area (Å²) in [6.07, 6.45) is 6.80. The number of fused-ring (bicyclic) bond motifs is 4. The molecule has 0 spiro atoms. The summed E-state index contributed by atoms with van der Waals surface area (Å²) >= 11 is 0. The van der Waals surface area contributed by atoms with Gasteiger partial charge in [-0.05, 0) is 50.5 Å². The van der Waals surface area contributed by atoms with Crippen molar-refractivity contribution in [3.8, 4) is 0 Å². The predicted molar refractivity (Wildman–Crippen MR) is 121 cm³/mol. The molecule has 3 rings (SSSR count). The van der Waals surface area contributed by atoms with E-state index in [9.17, 15) is 0 Å². The molecule has 0 aromatic rings. The average molecular weight is 537 g/mol. The average Bonchev–Trinajstić information content (AvgIpc) is 2.73. The second kappa shape index (κ2) is 12.9. The van der Waals surface area contributed by atoms with E-state index >= 15 is 0 Å². The van der Waals surface area contributed by atoms with Crippen LogP contribution < -0.4 is 0 Å². The Morgan fingerprint density at radius 1 is 0.517 bits per heavy atom. The minimum atomic E-state index is 0. The van der Waals surface area contributed by atoms with Gasteiger partial charge in [0.05, 0.1) is 26.2 Å². The molecule has 4 unspecified atom stereocenters. The summed E-state index contributed by atoms with van der Waals surface area (Å²) in [5.41, 5.74) is 4.59. The third-order valence-corrected chi connectivity index (χ3v) is 6.20. The summed E-state index contributed by atoms with van der Waals surface area (Å²) in [4.78, 5) is 19.1. The van der Waals surface area contributed by atoms with Gasteiger partial charge in [-0.3, -0.25) is 20.0 Å². The van der Waals surface area contributed by atoms with Crippen molar-refractivity contribution in [1.82, 2.24) is 0 Å². The van der Waals surface area contributed by atoms with Gasteiger partial charge in [0, 0.05) is 0 Å². The van der Waals surface area contributed by atoms with Crippen molar-refractivity contribution in [2.75, 3.05) is 26.2 Å². The Morgan fingerprint density at radius 3 is 1.00 bits per heavy atom. The Bertz CT molecular complexity index is 546. The fraction of sp³-hybridized carbons (Fsp3) is 0.818. The third-order valence-electron chi connectivity index (χ3n) is 6.20. The van der Waals surface area contributed by atoms with Crippen molar-refractivity contribution < 1.29 is 49.4 Å². The Hall–Kier alpha value is 0.184. The minimum Gasteiger partial charge on any atom is -0.647 e. The van der Waals surface area contributed by atoms with Crippen LogP contribution in [0.3, 0.4) is 0 Å². The molecule has 0 aromatic carbocycles. The molecule has 3 aliphatic heterocycles. The summed E-state index contributed by atoms with van der Waals surface area (Å²) in [7, 11) is 0. The molecule has 3 heterocycles. The zero-order valence-corrected chi connectivity index (χ0v) is 20.9. The fourth-order valence-corrected chi connectivity index (χ4v) is 4.34. The zero-order chi connectivity index (χ0) is 19.9. The number of piperidine rings is 2. The van der Waals surface area contributed by atoms with Crippen LogP contribution in [0.4, 0.5) is 0 Å². The van der Waals surface area contributed by atoms with Gasteiger partial charge in [-0.25, -0.2) is 0 Å². The Labute approximate surface area is 217 Å². The van der Waals surface area contributed by atoms with Crippen molar-refractivity contribution in [3.63, 3.8) is 0 Å². The van der Waals surface area contributed by atoms with Crippen molar-refractivity contribution in [2.24, 2.45) is 20.0 Å². The van der Waals surface area contributed by atoms with E-state index < -0.39 is 0 Å². The monoisotopic (exact) mass is 537 g/mol. The predicted octanol–water partition coefficient (Wildman–Crippen LogP) is 4.43. The third kappa shape index (κ3) is 7.67. The van der Waals surface area contributed by atoms with Crippen molar-refractivity contribution in [3.05, 3.63) is 10.6 Å². The largest absolute Gasteiger partial charge is 2.00 e. The summed E-state index contributed by atoms with van der Waals surface area (Å²) in [6.45, 7) is 11.4. The van der Waals surface area contributed by atoms with E-state index in [0.29, 0.717) is 0 Å². The first-order valence-electron chi connectivity index (χ1n) is 11.0. The molecule has 0 N–H and O–H groups in total. The maximum Gasteiger partial charge on any atom is 2.00 e. The Balaban J connectivity index is 0.00000300. The van der Waals surface area contributed by atoms with Crippen LogP contribution >= 0.6 is 0 Å². The van der Waals surface area contributed by atoms with E-state index in [1.807, 2.05) is 0 Å². The van der Waals surface area contributed by atoms with Gasteiger partial charge in [0.15, 0.2) is 0 Å². The second-order valence-electron chi connectivity index (χ2n) is 8.32. The van der Waals surface area contributed by atoms with E-state index in [-0.39, 0.29) is 73.5 Å². The number of aliphatic imine (C=N–C) groups is 4. The smallest absolute Gasteiger partial charge is 0.647 e. The molecule has 1 radical (unpaired) electrons. The topological polar surface area (TPSA) is 77.6 Å². The Morgan fingerprint density at radius 2 is 0.759 bits per heavy atom. The van der Waals surface area contributed by atoms with Crippen LogP contribution in [-0.2, 0) is 0 Å². The second-order valence-corrected chi connectivity index (χ2v) is 8.32. The quantitative estimate of drug-likeness (QED) is 0.439. The van der Waals surface area contributed by atoms with E-state index in [1.54, 1.807) is 0 Å². The number of hydrogen-bond donors (Lipinski definition) is 0. The van der Waals surface area contributed by atoms with Crippen molar-refractivity contribution >= 4 is 22.8 Å². The molecule has 4 bridgehead atoms. The molecule has 7 heteroatoms. The molecule has 6 nitrogen and oxygen atoms in total. The van der Waals surface area contributed by atoms with Crippen LogP contribution in [0, 0.1) is 49.4 Å². The van der Waals surface area contributed by atoms with Gasteiger partial charge in [-0.1, -0.05) is 62.7 Å². The Kier molecular flexibility index (Phi) is 11.3. The molecule has 2 fully saturated rings. The fourth-order valence-electron chi connectivity index (χ4n) is 4.34. The molecule has 0 saturated carbocycles. The van der Waals surface area contributed by atoms with Gasteiger partial charge in [-0.15, -0.1) is 0 Å². The zero-order valence-electron chi connectivity index (χ0n) is 18.4. The summed E-state index contributed by atoms with van der Waals surface area (Å²) in [5, 5.41) is 10.1.